The average molecular weight is 208 g/mol. The molecule has 1 nitrogen and oxygen atoms in total. The Morgan fingerprint density at radius 1 is 1.14 bits per heavy atom. The van der Waals surface area contributed by atoms with Crippen molar-refractivity contribution in [1.82, 2.24) is 0 Å². The standard InChI is InChI=1S/C12H16OS/c1-12(2,3)14(13)10-9-11-7-5-4-6-8-11/h4-10H,1-3H3/t14-/m0/s1. The molecule has 0 fully saturated rings. The zero-order valence-corrected chi connectivity index (χ0v) is 9.67. The van der Waals surface area contributed by atoms with Gasteiger partial charge in [0.05, 0.1) is 10.8 Å². The van der Waals surface area contributed by atoms with E-state index >= 15 is 0 Å². The van der Waals surface area contributed by atoms with Gasteiger partial charge >= 0.3 is 0 Å². The van der Waals surface area contributed by atoms with Gasteiger partial charge in [0, 0.05) is 10.2 Å². The SMILES string of the molecule is CC(C)(C)[S@@](=O)C=Cc1ccccc1. The first-order chi connectivity index (χ1) is 6.50. The third-order valence-electron chi connectivity index (χ3n) is 1.79. The Bertz CT molecular complexity index is 333. The van der Waals surface area contributed by atoms with E-state index in [2.05, 4.69) is 0 Å². The Labute approximate surface area is 88.3 Å². The summed E-state index contributed by atoms with van der Waals surface area (Å²) < 4.78 is 11.5. The van der Waals surface area contributed by atoms with E-state index in [1.807, 2.05) is 57.2 Å². The van der Waals surface area contributed by atoms with E-state index < -0.39 is 10.8 Å². The first kappa shape index (κ1) is 11.2. The van der Waals surface area contributed by atoms with E-state index in [1.165, 1.54) is 0 Å². The number of benzene rings is 1. The topological polar surface area (TPSA) is 17.1 Å². The predicted octanol–water partition coefficient (Wildman–Crippen LogP) is 3.20. The van der Waals surface area contributed by atoms with E-state index in [1.54, 1.807) is 5.41 Å². The fourth-order valence-corrected chi connectivity index (χ4v) is 1.60. The van der Waals surface area contributed by atoms with Crippen LogP contribution in [-0.2, 0) is 10.8 Å². The Kier molecular flexibility index (Phi) is 3.64. The average Bonchev–Trinajstić information content (AvgIpc) is 2.14. The van der Waals surface area contributed by atoms with Crippen LogP contribution in [0.4, 0.5) is 0 Å². The van der Waals surface area contributed by atoms with Crippen LogP contribution in [0, 0.1) is 0 Å². The third kappa shape index (κ3) is 3.46. The van der Waals surface area contributed by atoms with Gasteiger partial charge in [0.2, 0.25) is 0 Å². The lowest BCUT2D eigenvalue weighted by Crippen LogP contribution is -2.19. The van der Waals surface area contributed by atoms with Gasteiger partial charge in [0.1, 0.15) is 0 Å². The molecule has 1 aromatic rings. The maximum Gasteiger partial charge on any atom is 0.0510 e. The molecule has 0 aromatic heterocycles. The molecule has 76 valence electrons. The summed E-state index contributed by atoms with van der Waals surface area (Å²) in [7, 11) is -0.918. The van der Waals surface area contributed by atoms with Crippen LogP contribution in [0.3, 0.4) is 0 Å². The highest BCUT2D eigenvalue weighted by Gasteiger charge is 2.16. The van der Waals surface area contributed by atoms with Crippen LogP contribution in [0.25, 0.3) is 6.08 Å². The molecule has 1 rings (SSSR count). The lowest BCUT2D eigenvalue weighted by Gasteiger charge is -2.13. The maximum absolute atomic E-state index is 11.7. The Morgan fingerprint density at radius 3 is 2.21 bits per heavy atom. The molecule has 0 saturated heterocycles. The van der Waals surface area contributed by atoms with E-state index in [9.17, 15) is 4.21 Å². The zero-order chi connectivity index (χ0) is 10.6. The summed E-state index contributed by atoms with van der Waals surface area (Å²) in [6, 6.07) is 9.91. The van der Waals surface area contributed by atoms with Gasteiger partial charge in [-0.2, -0.15) is 0 Å². The highest BCUT2D eigenvalue weighted by atomic mass is 32.2. The minimum atomic E-state index is -0.918. The van der Waals surface area contributed by atoms with Crippen LogP contribution in [0.15, 0.2) is 35.7 Å². The minimum absolute atomic E-state index is 0.175. The summed E-state index contributed by atoms with van der Waals surface area (Å²) in [4.78, 5) is 0. The van der Waals surface area contributed by atoms with Gasteiger partial charge in [0.15, 0.2) is 0 Å². The van der Waals surface area contributed by atoms with Crippen LogP contribution in [0.1, 0.15) is 26.3 Å². The van der Waals surface area contributed by atoms with Gasteiger partial charge in [-0.1, -0.05) is 30.3 Å². The molecule has 1 atom stereocenters. The number of rotatable bonds is 2. The summed E-state index contributed by atoms with van der Waals surface area (Å²) in [5.74, 6) is 0. The largest absolute Gasteiger partial charge is 0.254 e. The monoisotopic (exact) mass is 208 g/mol. The molecule has 0 bridgehead atoms. The van der Waals surface area contributed by atoms with Crippen LogP contribution in [0.2, 0.25) is 0 Å². The van der Waals surface area contributed by atoms with Crippen molar-refractivity contribution in [3.05, 3.63) is 41.3 Å². The molecule has 0 aliphatic rings. The minimum Gasteiger partial charge on any atom is -0.254 e. The quantitative estimate of drug-likeness (QED) is 0.729. The molecular weight excluding hydrogens is 192 g/mol. The van der Waals surface area contributed by atoms with Crippen LogP contribution in [0.5, 0.6) is 0 Å². The molecule has 1 aromatic carbocycles. The lowest BCUT2D eigenvalue weighted by atomic mass is 10.2. The predicted molar refractivity (Wildman–Crippen MR) is 63.4 cm³/mol. The molecule has 0 spiro atoms. The molecule has 0 aliphatic carbocycles. The maximum atomic E-state index is 11.7. The van der Waals surface area contributed by atoms with Crippen molar-refractivity contribution >= 4 is 16.9 Å². The third-order valence-corrected chi connectivity index (χ3v) is 3.38. The fourth-order valence-electron chi connectivity index (χ4n) is 0.909. The summed E-state index contributed by atoms with van der Waals surface area (Å²) in [5, 5.41) is 1.76. The molecule has 14 heavy (non-hydrogen) atoms. The van der Waals surface area contributed by atoms with Crippen LogP contribution >= 0.6 is 0 Å². The van der Waals surface area contributed by atoms with Crippen molar-refractivity contribution in [2.45, 2.75) is 25.5 Å². The fraction of sp³-hybridized carbons (Fsp3) is 0.333. The Balaban J connectivity index is 2.71. The molecule has 0 saturated carbocycles. The first-order valence-corrected chi connectivity index (χ1v) is 5.85. The van der Waals surface area contributed by atoms with Crippen molar-refractivity contribution in [2.75, 3.05) is 0 Å². The highest BCUT2D eigenvalue weighted by Crippen LogP contribution is 2.13. The van der Waals surface area contributed by atoms with Gasteiger partial charge in [-0.3, -0.25) is 4.21 Å². The normalized spacial score (nSPS) is 14.5. The van der Waals surface area contributed by atoms with E-state index in [0.717, 1.165) is 5.56 Å². The summed E-state index contributed by atoms with van der Waals surface area (Å²) in [6.07, 6.45) is 1.90. The first-order valence-electron chi connectivity index (χ1n) is 4.64. The summed E-state index contributed by atoms with van der Waals surface area (Å²) >= 11 is 0. The highest BCUT2D eigenvalue weighted by molar-refractivity contribution is 7.89. The number of hydrogen-bond donors (Lipinski definition) is 0. The molecule has 0 aliphatic heterocycles. The van der Waals surface area contributed by atoms with E-state index in [0.29, 0.717) is 0 Å². The van der Waals surface area contributed by atoms with Gasteiger partial charge in [-0.15, -0.1) is 0 Å². The van der Waals surface area contributed by atoms with Crippen molar-refractivity contribution in [3.8, 4) is 0 Å². The Morgan fingerprint density at radius 2 is 1.71 bits per heavy atom. The van der Waals surface area contributed by atoms with Crippen LogP contribution < -0.4 is 0 Å². The van der Waals surface area contributed by atoms with Crippen molar-refractivity contribution in [3.63, 3.8) is 0 Å². The van der Waals surface area contributed by atoms with Crippen molar-refractivity contribution in [2.24, 2.45) is 0 Å². The second-order valence-electron chi connectivity index (χ2n) is 4.12. The van der Waals surface area contributed by atoms with Gasteiger partial charge in [-0.05, 0) is 32.4 Å². The van der Waals surface area contributed by atoms with Gasteiger partial charge in [0.25, 0.3) is 0 Å². The molecule has 0 amide bonds. The summed E-state index contributed by atoms with van der Waals surface area (Å²) in [5.41, 5.74) is 1.09. The molecular formula is C12H16OS. The van der Waals surface area contributed by atoms with Gasteiger partial charge < -0.3 is 0 Å². The molecule has 0 unspecified atom stereocenters. The van der Waals surface area contributed by atoms with Gasteiger partial charge in [-0.25, -0.2) is 0 Å². The molecule has 2 heteroatoms. The molecule has 0 N–H and O–H groups in total. The van der Waals surface area contributed by atoms with E-state index in [4.69, 9.17) is 0 Å². The Hall–Kier alpha value is -0.890. The van der Waals surface area contributed by atoms with Crippen LogP contribution in [-0.4, -0.2) is 8.96 Å². The smallest absolute Gasteiger partial charge is 0.0510 e. The second-order valence-corrected chi connectivity index (χ2v) is 6.21. The number of hydrogen-bond acceptors (Lipinski definition) is 1. The van der Waals surface area contributed by atoms with Crippen molar-refractivity contribution < 1.29 is 4.21 Å². The second kappa shape index (κ2) is 4.56. The van der Waals surface area contributed by atoms with Crippen molar-refractivity contribution in [1.29, 1.82) is 0 Å². The summed E-state index contributed by atoms with van der Waals surface area (Å²) in [6.45, 7) is 5.91. The van der Waals surface area contributed by atoms with E-state index in [-0.39, 0.29) is 4.75 Å². The molecule has 0 radical (unpaired) electrons. The molecule has 0 heterocycles. The zero-order valence-electron chi connectivity index (χ0n) is 8.86. The lowest BCUT2D eigenvalue weighted by molar-refractivity contribution is 0.656.